The third-order valence-corrected chi connectivity index (χ3v) is 4.32. The van der Waals surface area contributed by atoms with Crippen molar-refractivity contribution in [3.05, 3.63) is 48.8 Å². The lowest BCUT2D eigenvalue weighted by Crippen LogP contribution is -2.20. The van der Waals surface area contributed by atoms with Crippen LogP contribution in [0.5, 0.6) is 0 Å². The maximum absolute atomic E-state index is 4.28. The molecule has 1 aromatic heterocycles. The van der Waals surface area contributed by atoms with Crippen molar-refractivity contribution in [3.63, 3.8) is 0 Å². The van der Waals surface area contributed by atoms with Gasteiger partial charge in [-0.2, -0.15) is 0 Å². The fourth-order valence-electron chi connectivity index (χ4n) is 1.28. The second-order valence-electron chi connectivity index (χ2n) is 3.22. The van der Waals surface area contributed by atoms with Crippen molar-refractivity contribution in [2.45, 2.75) is 10.4 Å². The third-order valence-electron chi connectivity index (χ3n) is 2.02. The SMILES string of the molecule is C1=CNC(SCCSc2ccccn2)C=C1. The van der Waals surface area contributed by atoms with E-state index in [-0.39, 0.29) is 0 Å². The zero-order chi connectivity index (χ0) is 11.1. The number of allylic oxidation sites excluding steroid dienone is 2. The normalized spacial score (nSPS) is 18.4. The van der Waals surface area contributed by atoms with E-state index in [2.05, 4.69) is 28.5 Å². The van der Waals surface area contributed by atoms with Crippen LogP contribution < -0.4 is 5.32 Å². The molecule has 2 heterocycles. The van der Waals surface area contributed by atoms with Gasteiger partial charge in [0.05, 0.1) is 10.4 Å². The Kier molecular flexibility index (Phi) is 4.83. The summed E-state index contributed by atoms with van der Waals surface area (Å²) in [5.41, 5.74) is 0. The van der Waals surface area contributed by atoms with Gasteiger partial charge in [0.1, 0.15) is 0 Å². The molecule has 0 spiro atoms. The highest BCUT2D eigenvalue weighted by Crippen LogP contribution is 2.18. The molecule has 0 bridgehead atoms. The Balaban J connectivity index is 1.62. The Labute approximate surface area is 105 Å². The molecule has 1 unspecified atom stereocenters. The molecule has 1 aliphatic rings. The van der Waals surface area contributed by atoms with Crippen molar-refractivity contribution in [1.29, 1.82) is 0 Å². The lowest BCUT2D eigenvalue weighted by atomic mass is 10.4. The van der Waals surface area contributed by atoms with Crippen LogP contribution in [0, 0.1) is 0 Å². The molecule has 0 amide bonds. The van der Waals surface area contributed by atoms with Gasteiger partial charge in [0.25, 0.3) is 0 Å². The summed E-state index contributed by atoms with van der Waals surface area (Å²) < 4.78 is 0. The molecule has 0 radical (unpaired) electrons. The van der Waals surface area contributed by atoms with Gasteiger partial charge in [0.2, 0.25) is 0 Å². The van der Waals surface area contributed by atoms with Gasteiger partial charge >= 0.3 is 0 Å². The fourth-order valence-corrected chi connectivity index (χ4v) is 3.15. The summed E-state index contributed by atoms with van der Waals surface area (Å²) in [6.07, 6.45) is 10.1. The van der Waals surface area contributed by atoms with E-state index in [1.54, 1.807) is 0 Å². The molecule has 1 atom stereocenters. The average molecular weight is 250 g/mol. The Hall–Kier alpha value is -0.870. The Bertz CT molecular complexity index is 363. The zero-order valence-corrected chi connectivity index (χ0v) is 10.5. The van der Waals surface area contributed by atoms with Crippen LogP contribution in [-0.2, 0) is 0 Å². The van der Waals surface area contributed by atoms with E-state index in [1.165, 1.54) is 0 Å². The molecule has 1 N–H and O–H groups in total. The standard InChI is InChI=1S/C12H14N2S2/c1-3-7-13-11(5-1)15-9-10-16-12-6-2-4-8-14-12/h1-8,11,13H,9-10H2. The number of aromatic nitrogens is 1. The predicted octanol–water partition coefficient (Wildman–Crippen LogP) is 2.91. The van der Waals surface area contributed by atoms with Gasteiger partial charge in [0.15, 0.2) is 0 Å². The van der Waals surface area contributed by atoms with Gasteiger partial charge < -0.3 is 5.32 Å². The number of nitrogens with zero attached hydrogens (tertiary/aromatic N) is 1. The summed E-state index contributed by atoms with van der Waals surface area (Å²) in [5, 5.41) is 4.82. The molecule has 2 rings (SSSR count). The molecule has 16 heavy (non-hydrogen) atoms. The molecule has 4 heteroatoms. The smallest absolute Gasteiger partial charge is 0.0960 e. The Morgan fingerprint density at radius 2 is 2.25 bits per heavy atom. The molecule has 2 nitrogen and oxygen atoms in total. The van der Waals surface area contributed by atoms with Crippen LogP contribution in [0.15, 0.2) is 53.8 Å². The molecular formula is C12H14N2S2. The Morgan fingerprint density at radius 1 is 1.25 bits per heavy atom. The number of pyridine rings is 1. The summed E-state index contributed by atoms with van der Waals surface area (Å²) in [6, 6.07) is 6.03. The van der Waals surface area contributed by atoms with Crippen molar-refractivity contribution < 1.29 is 0 Å². The minimum Gasteiger partial charge on any atom is -0.376 e. The van der Waals surface area contributed by atoms with Gasteiger partial charge in [-0.25, -0.2) is 4.98 Å². The van der Waals surface area contributed by atoms with E-state index in [4.69, 9.17) is 0 Å². The molecule has 1 aromatic rings. The summed E-state index contributed by atoms with van der Waals surface area (Å²) in [4.78, 5) is 4.28. The van der Waals surface area contributed by atoms with E-state index in [1.807, 2.05) is 54.1 Å². The van der Waals surface area contributed by atoms with Gasteiger partial charge in [-0.3, -0.25) is 0 Å². The van der Waals surface area contributed by atoms with E-state index in [0.717, 1.165) is 16.5 Å². The summed E-state index contributed by atoms with van der Waals surface area (Å²) in [7, 11) is 0. The van der Waals surface area contributed by atoms with Crippen molar-refractivity contribution in [2.24, 2.45) is 0 Å². The van der Waals surface area contributed by atoms with Crippen LogP contribution in [-0.4, -0.2) is 21.9 Å². The molecule has 0 saturated carbocycles. The lowest BCUT2D eigenvalue weighted by Gasteiger charge is -2.14. The highest BCUT2D eigenvalue weighted by Gasteiger charge is 2.03. The van der Waals surface area contributed by atoms with E-state index in [9.17, 15) is 0 Å². The van der Waals surface area contributed by atoms with Gasteiger partial charge in [0, 0.05) is 17.7 Å². The van der Waals surface area contributed by atoms with Crippen LogP contribution in [0.2, 0.25) is 0 Å². The Morgan fingerprint density at radius 3 is 3.00 bits per heavy atom. The summed E-state index contributed by atoms with van der Waals surface area (Å²) >= 11 is 3.73. The largest absolute Gasteiger partial charge is 0.376 e. The summed E-state index contributed by atoms with van der Waals surface area (Å²) in [6.45, 7) is 0. The first-order chi connectivity index (χ1) is 7.95. The molecule has 0 aromatic carbocycles. The quantitative estimate of drug-likeness (QED) is 0.641. The topological polar surface area (TPSA) is 24.9 Å². The van der Waals surface area contributed by atoms with Crippen LogP contribution in [0.3, 0.4) is 0 Å². The molecule has 0 fully saturated rings. The minimum atomic E-state index is 0.425. The van der Waals surface area contributed by atoms with Crippen molar-refractivity contribution in [3.8, 4) is 0 Å². The average Bonchev–Trinajstić information content (AvgIpc) is 2.37. The zero-order valence-electron chi connectivity index (χ0n) is 8.87. The molecule has 1 aliphatic heterocycles. The fraction of sp³-hybridized carbons (Fsp3) is 0.250. The monoisotopic (exact) mass is 250 g/mol. The second-order valence-corrected chi connectivity index (χ2v) is 5.58. The van der Waals surface area contributed by atoms with Crippen molar-refractivity contribution >= 4 is 23.5 Å². The summed E-state index contributed by atoms with van der Waals surface area (Å²) in [5.74, 6) is 2.22. The first kappa shape index (κ1) is 11.6. The first-order valence-corrected chi connectivity index (χ1v) is 7.23. The molecule has 84 valence electrons. The number of dihydropyridines is 1. The first-order valence-electron chi connectivity index (χ1n) is 5.20. The van der Waals surface area contributed by atoms with Crippen molar-refractivity contribution in [2.75, 3.05) is 11.5 Å². The number of hydrogen-bond acceptors (Lipinski definition) is 4. The van der Waals surface area contributed by atoms with E-state index >= 15 is 0 Å². The number of hydrogen-bond donors (Lipinski definition) is 1. The second kappa shape index (κ2) is 6.66. The highest BCUT2D eigenvalue weighted by atomic mass is 32.2. The predicted molar refractivity (Wildman–Crippen MR) is 72.6 cm³/mol. The number of nitrogens with one attached hydrogen (secondary N) is 1. The maximum atomic E-state index is 4.28. The van der Waals surface area contributed by atoms with E-state index < -0.39 is 0 Å². The number of thioether (sulfide) groups is 2. The molecular weight excluding hydrogens is 236 g/mol. The molecule has 0 aliphatic carbocycles. The lowest BCUT2D eigenvalue weighted by molar-refractivity contribution is 0.912. The van der Waals surface area contributed by atoms with Gasteiger partial charge in [-0.1, -0.05) is 18.2 Å². The highest BCUT2D eigenvalue weighted by molar-refractivity contribution is 8.03. The number of rotatable bonds is 5. The van der Waals surface area contributed by atoms with Crippen LogP contribution in [0.25, 0.3) is 0 Å². The van der Waals surface area contributed by atoms with Gasteiger partial charge in [-0.15, -0.1) is 23.5 Å². The van der Waals surface area contributed by atoms with Crippen LogP contribution in [0.1, 0.15) is 0 Å². The minimum absolute atomic E-state index is 0.425. The van der Waals surface area contributed by atoms with Crippen molar-refractivity contribution in [1.82, 2.24) is 10.3 Å². The third kappa shape index (κ3) is 3.94. The van der Waals surface area contributed by atoms with Gasteiger partial charge in [-0.05, 0) is 24.4 Å². The molecule has 0 saturated heterocycles. The van der Waals surface area contributed by atoms with Crippen LogP contribution >= 0.6 is 23.5 Å². The van der Waals surface area contributed by atoms with Crippen LogP contribution in [0.4, 0.5) is 0 Å². The van der Waals surface area contributed by atoms with E-state index in [0.29, 0.717) is 5.37 Å². The maximum Gasteiger partial charge on any atom is 0.0960 e.